The number of anilines is 1. The van der Waals surface area contributed by atoms with E-state index in [0.29, 0.717) is 6.54 Å². The molecule has 2 rings (SSSR count). The second-order valence-corrected chi connectivity index (χ2v) is 3.53. The van der Waals surface area contributed by atoms with Gasteiger partial charge in [-0.25, -0.2) is 4.79 Å². The molecule has 0 aromatic heterocycles. The molecule has 3 nitrogen and oxygen atoms in total. The Morgan fingerprint density at radius 3 is 2.62 bits per heavy atom. The molecule has 1 N–H and O–H groups in total. The Labute approximate surface area is 94.3 Å². The van der Waals surface area contributed by atoms with Crippen LogP contribution in [-0.4, -0.2) is 17.7 Å². The van der Waals surface area contributed by atoms with Crippen LogP contribution in [-0.2, 0) is 0 Å². The summed E-state index contributed by atoms with van der Waals surface area (Å²) in [6.07, 6.45) is -0.915. The summed E-state index contributed by atoms with van der Waals surface area (Å²) in [7, 11) is 0. The predicted molar refractivity (Wildman–Crippen MR) is 64.1 cm³/mol. The Balaban J connectivity index is 2.52. The summed E-state index contributed by atoms with van der Waals surface area (Å²) in [5, 5.41) is 9.09. The lowest BCUT2D eigenvalue weighted by Gasteiger charge is -2.17. The third-order valence-corrected chi connectivity index (χ3v) is 2.61. The van der Waals surface area contributed by atoms with Gasteiger partial charge in [-0.2, -0.15) is 0 Å². The lowest BCUT2D eigenvalue weighted by Crippen LogP contribution is -2.28. The minimum absolute atomic E-state index is 0.451. The fourth-order valence-electron chi connectivity index (χ4n) is 1.84. The van der Waals surface area contributed by atoms with Crippen LogP contribution in [0.1, 0.15) is 6.92 Å². The predicted octanol–water partition coefficient (Wildman–Crippen LogP) is 3.30. The van der Waals surface area contributed by atoms with Gasteiger partial charge in [0.15, 0.2) is 0 Å². The Morgan fingerprint density at radius 1 is 1.19 bits per heavy atom. The van der Waals surface area contributed by atoms with Gasteiger partial charge in [0, 0.05) is 12.1 Å². The van der Waals surface area contributed by atoms with Crippen molar-refractivity contribution in [3.63, 3.8) is 0 Å². The van der Waals surface area contributed by atoms with E-state index in [4.69, 9.17) is 5.11 Å². The summed E-state index contributed by atoms with van der Waals surface area (Å²) >= 11 is 0. The van der Waals surface area contributed by atoms with Gasteiger partial charge in [-0.1, -0.05) is 36.4 Å². The van der Waals surface area contributed by atoms with E-state index in [1.807, 2.05) is 49.4 Å². The maximum Gasteiger partial charge on any atom is 0.411 e. The average Bonchev–Trinajstić information content (AvgIpc) is 2.50. The first-order valence-corrected chi connectivity index (χ1v) is 5.22. The maximum absolute atomic E-state index is 11.1. The molecule has 0 aromatic rings. The van der Waals surface area contributed by atoms with Gasteiger partial charge in [0.2, 0.25) is 0 Å². The Morgan fingerprint density at radius 2 is 1.94 bits per heavy atom. The van der Waals surface area contributed by atoms with Gasteiger partial charge in [0.05, 0.1) is 5.69 Å². The quantitative estimate of drug-likeness (QED) is 0.835. The van der Waals surface area contributed by atoms with Crippen LogP contribution in [0.3, 0.4) is 0 Å². The van der Waals surface area contributed by atoms with Gasteiger partial charge in [0.25, 0.3) is 0 Å². The van der Waals surface area contributed by atoms with Crippen molar-refractivity contribution in [2.24, 2.45) is 0 Å². The highest BCUT2D eigenvalue weighted by atomic mass is 16.4. The van der Waals surface area contributed by atoms with Crippen LogP contribution >= 0.6 is 0 Å². The van der Waals surface area contributed by atoms with E-state index in [-0.39, 0.29) is 0 Å². The maximum atomic E-state index is 11.1. The largest absolute Gasteiger partial charge is 0.465 e. The molecule has 0 unspecified atom stereocenters. The summed E-state index contributed by atoms with van der Waals surface area (Å²) in [4.78, 5) is 12.4. The van der Waals surface area contributed by atoms with E-state index in [2.05, 4.69) is 0 Å². The Hall–Kier alpha value is -2.03. The number of carbonyl (C=O) groups is 1. The summed E-state index contributed by atoms with van der Waals surface area (Å²) < 4.78 is 0. The van der Waals surface area contributed by atoms with Crippen LogP contribution in [0, 0.1) is 0 Å². The minimum atomic E-state index is -0.915. The van der Waals surface area contributed by atoms with Crippen molar-refractivity contribution in [1.82, 2.24) is 0 Å². The third-order valence-electron chi connectivity index (χ3n) is 2.61. The SMILES string of the molecule is CCN(C(=O)O)c1ccc2cccccc1-2. The number of hydrogen-bond donors (Lipinski definition) is 1. The van der Waals surface area contributed by atoms with Crippen LogP contribution in [0.2, 0.25) is 0 Å². The molecule has 0 radical (unpaired) electrons. The smallest absolute Gasteiger partial charge is 0.411 e. The van der Waals surface area contributed by atoms with E-state index < -0.39 is 6.09 Å². The number of carboxylic acid groups (broad SMARTS) is 1. The van der Waals surface area contributed by atoms with Crippen LogP contribution in [0.4, 0.5) is 10.5 Å². The number of hydrogen-bond acceptors (Lipinski definition) is 1. The average molecular weight is 215 g/mol. The van der Waals surface area contributed by atoms with Gasteiger partial charge < -0.3 is 5.11 Å². The fraction of sp³-hybridized carbons (Fsp3) is 0.154. The normalized spacial score (nSPS) is 10.3. The molecule has 2 aliphatic carbocycles. The van der Waals surface area contributed by atoms with E-state index in [1.54, 1.807) is 0 Å². The number of amides is 1. The van der Waals surface area contributed by atoms with Crippen LogP contribution in [0.15, 0.2) is 42.5 Å². The first kappa shape index (κ1) is 10.5. The lowest BCUT2D eigenvalue weighted by molar-refractivity contribution is 0.202. The number of rotatable bonds is 2. The zero-order chi connectivity index (χ0) is 11.5. The molecule has 1 amide bonds. The van der Waals surface area contributed by atoms with Crippen molar-refractivity contribution < 1.29 is 9.90 Å². The van der Waals surface area contributed by atoms with Crippen LogP contribution in [0.5, 0.6) is 0 Å². The molecule has 0 spiro atoms. The van der Waals surface area contributed by atoms with Crippen molar-refractivity contribution in [3.05, 3.63) is 42.5 Å². The van der Waals surface area contributed by atoms with Crippen molar-refractivity contribution in [2.75, 3.05) is 11.4 Å². The second-order valence-electron chi connectivity index (χ2n) is 3.53. The summed E-state index contributed by atoms with van der Waals surface area (Å²) in [5.74, 6) is 0. The highest BCUT2D eigenvalue weighted by molar-refractivity contribution is 5.94. The lowest BCUT2D eigenvalue weighted by atomic mass is 10.2. The molecule has 0 aromatic carbocycles. The molecule has 0 heterocycles. The number of fused-ring (bicyclic) bond motifs is 1. The second kappa shape index (κ2) is 4.23. The van der Waals surface area contributed by atoms with E-state index in [0.717, 1.165) is 16.8 Å². The highest BCUT2D eigenvalue weighted by Crippen LogP contribution is 2.33. The van der Waals surface area contributed by atoms with Crippen molar-refractivity contribution in [3.8, 4) is 11.1 Å². The summed E-state index contributed by atoms with van der Waals surface area (Å²) in [6.45, 7) is 2.28. The molecule has 0 fully saturated rings. The molecule has 82 valence electrons. The number of nitrogens with zero attached hydrogens (tertiary/aromatic N) is 1. The van der Waals surface area contributed by atoms with Gasteiger partial charge in [-0.05, 0) is 18.6 Å². The van der Waals surface area contributed by atoms with Crippen molar-refractivity contribution in [1.29, 1.82) is 0 Å². The van der Waals surface area contributed by atoms with Gasteiger partial charge >= 0.3 is 6.09 Å². The fourth-order valence-corrected chi connectivity index (χ4v) is 1.84. The molecule has 0 saturated carbocycles. The zero-order valence-corrected chi connectivity index (χ0v) is 9.05. The van der Waals surface area contributed by atoms with Crippen molar-refractivity contribution in [2.45, 2.75) is 6.92 Å². The summed E-state index contributed by atoms with van der Waals surface area (Å²) in [5.41, 5.74) is 2.77. The molecule has 16 heavy (non-hydrogen) atoms. The zero-order valence-electron chi connectivity index (χ0n) is 9.05. The standard InChI is InChI=1S/C13H13NO2/c1-2-14(13(15)16)12-9-8-10-6-4-3-5-7-11(10)12/h3-9H,2H2,1H3,(H,15,16). The molecule has 2 aliphatic rings. The van der Waals surface area contributed by atoms with E-state index >= 15 is 0 Å². The Kier molecular flexibility index (Phi) is 2.77. The molecular weight excluding hydrogens is 202 g/mol. The molecule has 0 saturated heterocycles. The summed E-state index contributed by atoms with van der Waals surface area (Å²) in [6, 6.07) is 13.5. The molecular formula is C13H13NO2. The van der Waals surface area contributed by atoms with Crippen LogP contribution < -0.4 is 4.90 Å². The minimum Gasteiger partial charge on any atom is -0.465 e. The first-order chi connectivity index (χ1) is 7.74. The highest BCUT2D eigenvalue weighted by Gasteiger charge is 2.17. The van der Waals surface area contributed by atoms with Gasteiger partial charge in [-0.15, -0.1) is 0 Å². The third kappa shape index (κ3) is 1.72. The van der Waals surface area contributed by atoms with E-state index in [9.17, 15) is 4.79 Å². The van der Waals surface area contributed by atoms with E-state index in [1.165, 1.54) is 4.90 Å². The molecule has 0 atom stereocenters. The Bertz CT molecular complexity index is 481. The monoisotopic (exact) mass is 215 g/mol. The molecule has 3 heteroatoms. The molecule has 0 bridgehead atoms. The van der Waals surface area contributed by atoms with Gasteiger partial charge in [-0.3, -0.25) is 4.90 Å². The van der Waals surface area contributed by atoms with Gasteiger partial charge in [0.1, 0.15) is 0 Å². The van der Waals surface area contributed by atoms with Crippen molar-refractivity contribution >= 4 is 11.8 Å². The van der Waals surface area contributed by atoms with Crippen LogP contribution in [0.25, 0.3) is 11.1 Å². The first-order valence-electron chi connectivity index (χ1n) is 5.22. The molecule has 0 aliphatic heterocycles. The topological polar surface area (TPSA) is 40.5 Å².